The SMILES string of the molecule is CCc1ccc(-n2ccc(C(C)(C)CN)n2)cc1. The van der Waals surface area contributed by atoms with Crippen LogP contribution in [0, 0.1) is 0 Å². The van der Waals surface area contributed by atoms with Crippen LogP contribution in [0.2, 0.25) is 0 Å². The molecule has 1 aromatic heterocycles. The Morgan fingerprint density at radius 1 is 1.17 bits per heavy atom. The van der Waals surface area contributed by atoms with E-state index >= 15 is 0 Å². The smallest absolute Gasteiger partial charge is 0.0697 e. The van der Waals surface area contributed by atoms with Gasteiger partial charge in [-0.1, -0.05) is 32.9 Å². The second-order valence-electron chi connectivity index (χ2n) is 5.25. The topological polar surface area (TPSA) is 43.8 Å². The summed E-state index contributed by atoms with van der Waals surface area (Å²) < 4.78 is 1.91. The number of hydrogen-bond acceptors (Lipinski definition) is 2. The van der Waals surface area contributed by atoms with Gasteiger partial charge in [0.25, 0.3) is 0 Å². The average molecular weight is 243 g/mol. The Morgan fingerprint density at radius 2 is 1.83 bits per heavy atom. The van der Waals surface area contributed by atoms with Crippen molar-refractivity contribution in [3.8, 4) is 5.69 Å². The molecule has 0 aliphatic heterocycles. The molecule has 0 bridgehead atoms. The first-order valence-corrected chi connectivity index (χ1v) is 6.42. The van der Waals surface area contributed by atoms with E-state index in [-0.39, 0.29) is 5.41 Å². The van der Waals surface area contributed by atoms with E-state index in [2.05, 4.69) is 50.1 Å². The van der Waals surface area contributed by atoms with Crippen molar-refractivity contribution in [3.05, 3.63) is 47.8 Å². The van der Waals surface area contributed by atoms with E-state index in [0.29, 0.717) is 6.54 Å². The number of nitrogens with zero attached hydrogens (tertiary/aromatic N) is 2. The number of nitrogens with two attached hydrogens (primary N) is 1. The number of aryl methyl sites for hydroxylation is 1. The molecule has 3 heteroatoms. The van der Waals surface area contributed by atoms with Crippen LogP contribution >= 0.6 is 0 Å². The van der Waals surface area contributed by atoms with Gasteiger partial charge >= 0.3 is 0 Å². The van der Waals surface area contributed by atoms with Crippen molar-refractivity contribution in [2.24, 2.45) is 5.73 Å². The first-order valence-electron chi connectivity index (χ1n) is 6.42. The molecule has 0 spiro atoms. The summed E-state index contributed by atoms with van der Waals surface area (Å²) in [5.74, 6) is 0. The van der Waals surface area contributed by atoms with Crippen molar-refractivity contribution in [2.45, 2.75) is 32.6 Å². The van der Waals surface area contributed by atoms with Gasteiger partial charge in [-0.3, -0.25) is 0 Å². The van der Waals surface area contributed by atoms with Crippen LogP contribution in [0.5, 0.6) is 0 Å². The van der Waals surface area contributed by atoms with Crippen LogP contribution in [0.15, 0.2) is 36.5 Å². The number of hydrogen-bond donors (Lipinski definition) is 1. The molecule has 0 unspecified atom stereocenters. The molecule has 18 heavy (non-hydrogen) atoms. The zero-order chi connectivity index (χ0) is 13.2. The molecule has 2 aromatic rings. The summed E-state index contributed by atoms with van der Waals surface area (Å²) in [5.41, 5.74) is 9.16. The predicted molar refractivity (Wildman–Crippen MR) is 75.0 cm³/mol. The molecule has 0 saturated heterocycles. The summed E-state index contributed by atoms with van der Waals surface area (Å²) in [6, 6.07) is 10.5. The molecular formula is C15H21N3. The summed E-state index contributed by atoms with van der Waals surface area (Å²) in [5, 5.41) is 4.62. The highest BCUT2D eigenvalue weighted by atomic mass is 15.3. The van der Waals surface area contributed by atoms with Gasteiger partial charge in [0.2, 0.25) is 0 Å². The average Bonchev–Trinajstić information content (AvgIpc) is 2.89. The quantitative estimate of drug-likeness (QED) is 0.897. The Morgan fingerprint density at radius 3 is 2.39 bits per heavy atom. The molecule has 0 radical (unpaired) electrons. The zero-order valence-corrected chi connectivity index (χ0v) is 11.4. The van der Waals surface area contributed by atoms with Gasteiger partial charge in [-0.05, 0) is 30.2 Å². The van der Waals surface area contributed by atoms with Crippen molar-refractivity contribution < 1.29 is 0 Å². The Labute approximate surface area is 109 Å². The van der Waals surface area contributed by atoms with Gasteiger partial charge in [0.05, 0.1) is 11.4 Å². The van der Waals surface area contributed by atoms with Crippen LogP contribution < -0.4 is 5.73 Å². The van der Waals surface area contributed by atoms with Gasteiger partial charge in [-0.15, -0.1) is 0 Å². The van der Waals surface area contributed by atoms with Crippen LogP contribution in [0.3, 0.4) is 0 Å². The lowest BCUT2D eigenvalue weighted by molar-refractivity contribution is 0.516. The minimum Gasteiger partial charge on any atom is -0.330 e. The molecule has 0 saturated carbocycles. The summed E-state index contributed by atoms with van der Waals surface area (Å²) >= 11 is 0. The Balaban J connectivity index is 2.29. The first-order chi connectivity index (χ1) is 8.56. The highest BCUT2D eigenvalue weighted by molar-refractivity contribution is 5.34. The molecule has 1 aromatic carbocycles. The molecular weight excluding hydrogens is 222 g/mol. The van der Waals surface area contributed by atoms with Crippen LogP contribution in [-0.4, -0.2) is 16.3 Å². The molecule has 2 N–H and O–H groups in total. The molecule has 3 nitrogen and oxygen atoms in total. The Hall–Kier alpha value is -1.61. The number of rotatable bonds is 4. The van der Waals surface area contributed by atoms with Crippen LogP contribution in [0.25, 0.3) is 5.69 Å². The van der Waals surface area contributed by atoms with Gasteiger partial charge < -0.3 is 5.73 Å². The molecule has 0 aliphatic rings. The minimum absolute atomic E-state index is 0.0748. The van der Waals surface area contributed by atoms with E-state index in [9.17, 15) is 0 Å². The molecule has 0 atom stereocenters. The third kappa shape index (κ3) is 2.46. The summed E-state index contributed by atoms with van der Waals surface area (Å²) in [6.07, 6.45) is 3.05. The standard InChI is InChI=1S/C15H21N3/c1-4-12-5-7-13(8-6-12)18-10-9-14(17-18)15(2,3)11-16/h5-10H,4,11,16H2,1-3H3. The van der Waals surface area contributed by atoms with E-state index in [1.54, 1.807) is 0 Å². The maximum Gasteiger partial charge on any atom is 0.0697 e. The maximum absolute atomic E-state index is 5.77. The predicted octanol–water partition coefficient (Wildman–Crippen LogP) is 2.67. The fraction of sp³-hybridized carbons (Fsp3) is 0.400. The lowest BCUT2D eigenvalue weighted by atomic mass is 9.90. The van der Waals surface area contributed by atoms with Crippen molar-refractivity contribution >= 4 is 0 Å². The molecule has 1 heterocycles. The van der Waals surface area contributed by atoms with E-state index in [4.69, 9.17) is 5.73 Å². The molecule has 0 amide bonds. The van der Waals surface area contributed by atoms with E-state index in [1.807, 2.05) is 16.9 Å². The summed E-state index contributed by atoms with van der Waals surface area (Å²) in [6.45, 7) is 6.98. The third-order valence-corrected chi connectivity index (χ3v) is 3.40. The van der Waals surface area contributed by atoms with Crippen molar-refractivity contribution in [2.75, 3.05) is 6.54 Å². The first kappa shape index (κ1) is 12.8. The second-order valence-corrected chi connectivity index (χ2v) is 5.25. The fourth-order valence-corrected chi connectivity index (χ4v) is 1.82. The monoisotopic (exact) mass is 243 g/mol. The van der Waals surface area contributed by atoms with Crippen molar-refractivity contribution in [1.82, 2.24) is 9.78 Å². The van der Waals surface area contributed by atoms with Gasteiger partial charge in [0.15, 0.2) is 0 Å². The third-order valence-electron chi connectivity index (χ3n) is 3.40. The fourth-order valence-electron chi connectivity index (χ4n) is 1.82. The normalized spacial score (nSPS) is 11.8. The van der Waals surface area contributed by atoms with Crippen LogP contribution in [-0.2, 0) is 11.8 Å². The van der Waals surface area contributed by atoms with Gasteiger partial charge in [0, 0.05) is 18.2 Å². The summed E-state index contributed by atoms with van der Waals surface area (Å²) in [7, 11) is 0. The Bertz CT molecular complexity index is 509. The van der Waals surface area contributed by atoms with Gasteiger partial charge in [-0.2, -0.15) is 5.10 Å². The second kappa shape index (κ2) is 4.94. The van der Waals surface area contributed by atoms with E-state index in [1.165, 1.54) is 5.56 Å². The lowest BCUT2D eigenvalue weighted by Crippen LogP contribution is -2.28. The largest absolute Gasteiger partial charge is 0.330 e. The van der Waals surface area contributed by atoms with Crippen LogP contribution in [0.4, 0.5) is 0 Å². The van der Waals surface area contributed by atoms with Crippen molar-refractivity contribution in [1.29, 1.82) is 0 Å². The molecule has 2 rings (SSSR count). The minimum atomic E-state index is -0.0748. The number of aromatic nitrogens is 2. The van der Waals surface area contributed by atoms with E-state index in [0.717, 1.165) is 17.8 Å². The highest BCUT2D eigenvalue weighted by Crippen LogP contribution is 2.20. The van der Waals surface area contributed by atoms with Crippen LogP contribution in [0.1, 0.15) is 32.0 Å². The molecule has 0 fully saturated rings. The molecule has 0 aliphatic carbocycles. The summed E-state index contributed by atoms with van der Waals surface area (Å²) in [4.78, 5) is 0. The highest BCUT2D eigenvalue weighted by Gasteiger charge is 2.21. The zero-order valence-electron chi connectivity index (χ0n) is 11.4. The van der Waals surface area contributed by atoms with Gasteiger partial charge in [0.1, 0.15) is 0 Å². The number of benzene rings is 1. The van der Waals surface area contributed by atoms with Crippen molar-refractivity contribution in [3.63, 3.8) is 0 Å². The lowest BCUT2D eigenvalue weighted by Gasteiger charge is -2.19. The van der Waals surface area contributed by atoms with Gasteiger partial charge in [-0.25, -0.2) is 4.68 Å². The molecule has 96 valence electrons. The maximum atomic E-state index is 5.77. The van der Waals surface area contributed by atoms with E-state index < -0.39 is 0 Å². The Kier molecular flexibility index (Phi) is 3.53.